The highest BCUT2D eigenvalue weighted by atomic mass is 32.1. The third-order valence-electron chi connectivity index (χ3n) is 3.80. The second-order valence-corrected chi connectivity index (χ2v) is 6.01. The van der Waals surface area contributed by atoms with Gasteiger partial charge in [-0.3, -0.25) is 4.79 Å². The van der Waals surface area contributed by atoms with Crippen molar-refractivity contribution >= 4 is 29.0 Å². The van der Waals surface area contributed by atoms with Crippen LogP contribution in [0.1, 0.15) is 52.9 Å². The van der Waals surface area contributed by atoms with E-state index in [1.165, 1.54) is 0 Å². The zero-order valence-corrected chi connectivity index (χ0v) is 12.8. The Morgan fingerprint density at radius 1 is 1.37 bits per heavy atom. The number of carboxylic acids is 1. The molecule has 0 aliphatic carbocycles. The third kappa shape index (κ3) is 3.32. The van der Waals surface area contributed by atoms with Crippen LogP contribution in [0.2, 0.25) is 0 Å². The summed E-state index contributed by atoms with van der Waals surface area (Å²) in [6.07, 6.45) is 3.18. The maximum atomic E-state index is 12.1. The largest absolute Gasteiger partial charge is 0.479 e. The SMILES string of the molecule is CCC1(C(=O)O)CCCCN1C(=S)C(=O)CC(C)C. The van der Waals surface area contributed by atoms with Crippen molar-refractivity contribution in [1.82, 2.24) is 4.90 Å². The van der Waals surface area contributed by atoms with E-state index in [9.17, 15) is 14.7 Å². The number of likely N-dealkylation sites (tertiary alicyclic amines) is 1. The van der Waals surface area contributed by atoms with Crippen LogP contribution >= 0.6 is 12.2 Å². The molecule has 1 N–H and O–H groups in total. The van der Waals surface area contributed by atoms with E-state index in [4.69, 9.17) is 12.2 Å². The normalized spacial score (nSPS) is 23.5. The zero-order valence-electron chi connectivity index (χ0n) is 11.9. The average Bonchev–Trinajstić information content (AvgIpc) is 2.36. The maximum Gasteiger partial charge on any atom is 0.329 e. The van der Waals surface area contributed by atoms with E-state index in [1.807, 2.05) is 20.8 Å². The summed E-state index contributed by atoms with van der Waals surface area (Å²) in [7, 11) is 0. The molecule has 19 heavy (non-hydrogen) atoms. The van der Waals surface area contributed by atoms with Gasteiger partial charge in [0.1, 0.15) is 10.5 Å². The first kappa shape index (κ1) is 16.1. The van der Waals surface area contributed by atoms with E-state index in [0.717, 1.165) is 12.8 Å². The van der Waals surface area contributed by atoms with Crippen LogP contribution in [0.15, 0.2) is 0 Å². The molecule has 1 saturated heterocycles. The molecule has 5 heteroatoms. The van der Waals surface area contributed by atoms with Gasteiger partial charge in [-0.05, 0) is 31.6 Å². The van der Waals surface area contributed by atoms with Gasteiger partial charge in [-0.25, -0.2) is 4.79 Å². The van der Waals surface area contributed by atoms with Crippen LogP contribution in [-0.2, 0) is 9.59 Å². The first-order valence-electron chi connectivity index (χ1n) is 6.93. The van der Waals surface area contributed by atoms with Crippen LogP contribution in [0, 0.1) is 5.92 Å². The fourth-order valence-corrected chi connectivity index (χ4v) is 3.03. The molecule has 1 fully saturated rings. The fourth-order valence-electron chi connectivity index (χ4n) is 2.68. The van der Waals surface area contributed by atoms with Gasteiger partial charge in [0.05, 0.1) is 0 Å². The molecule has 0 aromatic rings. The fraction of sp³-hybridized carbons (Fsp3) is 0.786. The minimum Gasteiger partial charge on any atom is -0.479 e. The van der Waals surface area contributed by atoms with Gasteiger partial charge in [-0.15, -0.1) is 0 Å². The van der Waals surface area contributed by atoms with Gasteiger partial charge in [0, 0.05) is 13.0 Å². The third-order valence-corrected chi connectivity index (χ3v) is 4.25. The second kappa shape index (κ2) is 6.46. The van der Waals surface area contributed by atoms with Crippen molar-refractivity contribution in [3.63, 3.8) is 0 Å². The molecule has 0 amide bonds. The number of piperidine rings is 1. The van der Waals surface area contributed by atoms with Crippen LogP contribution in [-0.4, -0.2) is 38.8 Å². The van der Waals surface area contributed by atoms with Crippen molar-refractivity contribution in [2.24, 2.45) is 5.92 Å². The van der Waals surface area contributed by atoms with Gasteiger partial charge < -0.3 is 10.0 Å². The summed E-state index contributed by atoms with van der Waals surface area (Å²) >= 11 is 5.26. The van der Waals surface area contributed by atoms with Crippen LogP contribution < -0.4 is 0 Å². The Hall–Kier alpha value is -0.970. The van der Waals surface area contributed by atoms with Crippen LogP contribution in [0.4, 0.5) is 0 Å². The number of ketones is 1. The number of carbonyl (C=O) groups excluding carboxylic acids is 1. The standard InChI is InChI=1S/C14H23NO3S/c1-4-14(13(17)18)7-5-6-8-15(14)12(19)11(16)9-10(2)3/h10H,4-9H2,1-3H3,(H,17,18). The molecule has 1 unspecified atom stereocenters. The van der Waals surface area contributed by atoms with Gasteiger partial charge in [-0.1, -0.05) is 33.0 Å². The van der Waals surface area contributed by atoms with Crippen LogP contribution in [0.25, 0.3) is 0 Å². The predicted octanol–water partition coefficient (Wildman–Crippen LogP) is 2.65. The predicted molar refractivity (Wildman–Crippen MR) is 78.3 cm³/mol. The number of carbonyl (C=O) groups is 2. The lowest BCUT2D eigenvalue weighted by Gasteiger charge is -2.44. The average molecular weight is 285 g/mol. The molecule has 0 aromatic heterocycles. The van der Waals surface area contributed by atoms with Gasteiger partial charge in [-0.2, -0.15) is 0 Å². The van der Waals surface area contributed by atoms with Gasteiger partial charge >= 0.3 is 5.97 Å². The number of thiocarbonyl (C=S) groups is 1. The smallest absolute Gasteiger partial charge is 0.329 e. The molecule has 0 radical (unpaired) electrons. The first-order valence-corrected chi connectivity index (χ1v) is 7.34. The molecular weight excluding hydrogens is 262 g/mol. The molecular formula is C14H23NO3S. The number of carboxylic acid groups (broad SMARTS) is 1. The molecule has 0 spiro atoms. The van der Waals surface area contributed by atoms with Gasteiger partial charge in [0.25, 0.3) is 0 Å². The minimum atomic E-state index is -0.984. The highest BCUT2D eigenvalue weighted by Crippen LogP contribution is 2.32. The lowest BCUT2D eigenvalue weighted by Crippen LogP contribution is -2.60. The lowest BCUT2D eigenvalue weighted by molar-refractivity contribution is -0.151. The Bertz CT molecular complexity index is 381. The molecule has 0 bridgehead atoms. The quantitative estimate of drug-likeness (QED) is 0.787. The zero-order chi connectivity index (χ0) is 14.6. The van der Waals surface area contributed by atoms with Crippen LogP contribution in [0.3, 0.4) is 0 Å². The Morgan fingerprint density at radius 2 is 2.00 bits per heavy atom. The number of hydrogen-bond acceptors (Lipinski definition) is 3. The van der Waals surface area contributed by atoms with Crippen molar-refractivity contribution in [2.75, 3.05) is 6.54 Å². The van der Waals surface area contributed by atoms with Crippen LogP contribution in [0.5, 0.6) is 0 Å². The van der Waals surface area contributed by atoms with E-state index >= 15 is 0 Å². The first-order chi connectivity index (χ1) is 8.85. The molecule has 1 atom stereocenters. The minimum absolute atomic E-state index is 0.106. The molecule has 1 heterocycles. The molecule has 0 aromatic carbocycles. The number of aliphatic carboxylic acids is 1. The Morgan fingerprint density at radius 3 is 2.47 bits per heavy atom. The Balaban J connectivity index is 2.97. The summed E-state index contributed by atoms with van der Waals surface area (Å²) < 4.78 is 0. The van der Waals surface area contributed by atoms with Crippen molar-refractivity contribution < 1.29 is 14.7 Å². The summed E-state index contributed by atoms with van der Waals surface area (Å²) in [6, 6.07) is 0. The highest BCUT2D eigenvalue weighted by Gasteiger charge is 2.46. The molecule has 1 rings (SSSR count). The number of rotatable bonds is 5. The summed E-state index contributed by atoms with van der Waals surface area (Å²) in [5, 5.41) is 9.56. The molecule has 4 nitrogen and oxygen atoms in total. The van der Waals surface area contributed by atoms with Crippen molar-refractivity contribution in [2.45, 2.75) is 58.4 Å². The van der Waals surface area contributed by atoms with Crippen molar-refractivity contribution in [3.8, 4) is 0 Å². The maximum absolute atomic E-state index is 12.1. The topological polar surface area (TPSA) is 57.6 Å². The van der Waals surface area contributed by atoms with E-state index in [1.54, 1.807) is 4.90 Å². The molecule has 108 valence electrons. The number of nitrogens with zero attached hydrogens (tertiary/aromatic N) is 1. The van der Waals surface area contributed by atoms with Crippen molar-refractivity contribution in [1.29, 1.82) is 0 Å². The molecule has 1 aliphatic rings. The summed E-state index contributed by atoms with van der Waals surface area (Å²) in [6.45, 7) is 6.34. The van der Waals surface area contributed by atoms with Crippen molar-refractivity contribution in [3.05, 3.63) is 0 Å². The summed E-state index contributed by atoms with van der Waals surface area (Å²) in [5.74, 6) is -0.739. The number of Topliss-reactive ketones (excluding diaryl/α,β-unsaturated/α-hetero) is 1. The van der Waals surface area contributed by atoms with E-state index in [2.05, 4.69) is 0 Å². The Labute approximate surface area is 120 Å². The van der Waals surface area contributed by atoms with Gasteiger partial charge in [0.15, 0.2) is 5.78 Å². The number of hydrogen-bond donors (Lipinski definition) is 1. The Kier molecular flexibility index (Phi) is 5.47. The molecule has 1 aliphatic heterocycles. The van der Waals surface area contributed by atoms with E-state index < -0.39 is 11.5 Å². The monoisotopic (exact) mass is 285 g/mol. The van der Waals surface area contributed by atoms with Gasteiger partial charge in [0.2, 0.25) is 0 Å². The lowest BCUT2D eigenvalue weighted by atomic mass is 9.83. The van der Waals surface area contributed by atoms with E-state index in [0.29, 0.717) is 25.8 Å². The summed E-state index contributed by atoms with van der Waals surface area (Å²) in [4.78, 5) is 25.6. The second-order valence-electron chi connectivity index (χ2n) is 5.63. The van der Waals surface area contributed by atoms with E-state index in [-0.39, 0.29) is 16.7 Å². The molecule has 0 saturated carbocycles. The summed E-state index contributed by atoms with van der Waals surface area (Å²) in [5.41, 5.74) is -0.984. The highest BCUT2D eigenvalue weighted by molar-refractivity contribution is 7.82.